The molecule has 7 nitrogen and oxygen atoms in total. The highest BCUT2D eigenvalue weighted by Crippen LogP contribution is 2.43. The Hall–Kier alpha value is -4.22. The molecule has 1 aromatic heterocycles. The van der Waals surface area contributed by atoms with E-state index in [2.05, 4.69) is 16.7 Å². The monoisotopic (exact) mass is 499 g/mol. The zero-order valence-electron chi connectivity index (χ0n) is 19.7. The van der Waals surface area contributed by atoms with Crippen LogP contribution in [0.5, 0.6) is 0 Å². The Labute approximate surface area is 213 Å². The molecule has 3 aromatic rings. The Morgan fingerprint density at radius 2 is 1.81 bits per heavy atom. The highest BCUT2D eigenvalue weighted by Gasteiger charge is 2.38. The molecular formula is C28H25N3O4S. The molecule has 1 amide bonds. The average molecular weight is 500 g/mol. The number of allylic oxidation sites excluding steroid dienone is 1. The van der Waals surface area contributed by atoms with Gasteiger partial charge >= 0.3 is 5.97 Å². The quantitative estimate of drug-likeness (QED) is 0.410. The molecule has 2 aromatic carbocycles. The molecule has 0 saturated heterocycles. The summed E-state index contributed by atoms with van der Waals surface area (Å²) in [5, 5.41) is 16.8. The maximum atomic E-state index is 13.2. The number of dihydropyridines is 1. The Balaban J connectivity index is 1.66. The maximum absolute atomic E-state index is 13.2. The van der Waals surface area contributed by atoms with E-state index in [-0.39, 0.29) is 29.4 Å². The van der Waals surface area contributed by atoms with Gasteiger partial charge < -0.3 is 19.8 Å². The number of ether oxygens (including phenoxy) is 1. The Bertz CT molecular complexity index is 1310. The number of rotatable bonds is 9. The van der Waals surface area contributed by atoms with Crippen molar-refractivity contribution in [2.75, 3.05) is 12.4 Å². The van der Waals surface area contributed by atoms with Crippen LogP contribution >= 0.6 is 11.8 Å². The molecule has 1 aliphatic rings. The number of benzene rings is 2. The van der Waals surface area contributed by atoms with Crippen LogP contribution in [0.1, 0.15) is 29.7 Å². The van der Waals surface area contributed by atoms with Crippen LogP contribution < -0.4 is 10.6 Å². The number of furan rings is 1. The highest BCUT2D eigenvalue weighted by molar-refractivity contribution is 8.03. The molecule has 1 atom stereocenters. The summed E-state index contributed by atoms with van der Waals surface area (Å²) in [5.41, 5.74) is 2.83. The molecule has 0 bridgehead atoms. The maximum Gasteiger partial charge on any atom is 0.337 e. The van der Waals surface area contributed by atoms with Crippen molar-refractivity contribution in [2.24, 2.45) is 0 Å². The van der Waals surface area contributed by atoms with Crippen molar-refractivity contribution in [1.29, 1.82) is 5.26 Å². The zero-order chi connectivity index (χ0) is 25.3. The van der Waals surface area contributed by atoms with E-state index in [1.54, 1.807) is 19.1 Å². The predicted octanol–water partition coefficient (Wildman–Crippen LogP) is 4.73. The van der Waals surface area contributed by atoms with Crippen molar-refractivity contribution in [1.82, 2.24) is 10.6 Å². The first-order chi connectivity index (χ1) is 17.6. The number of thioether (sulfide) groups is 1. The zero-order valence-corrected chi connectivity index (χ0v) is 20.5. The SMILES string of the molecule is CCOC(=O)C1=C(c2ccccc2)NC(SCC(=O)NCc2ccccc2)=C(C#N)[C@H]1c1ccco1. The van der Waals surface area contributed by atoms with E-state index in [9.17, 15) is 14.9 Å². The van der Waals surface area contributed by atoms with Crippen LogP contribution in [0.4, 0.5) is 0 Å². The predicted molar refractivity (Wildman–Crippen MR) is 138 cm³/mol. The largest absolute Gasteiger partial charge is 0.468 e. The molecular weight excluding hydrogens is 474 g/mol. The number of amides is 1. The number of nitriles is 1. The fourth-order valence-electron chi connectivity index (χ4n) is 3.88. The second-order valence-corrected chi connectivity index (χ2v) is 8.84. The van der Waals surface area contributed by atoms with Crippen molar-refractivity contribution >= 4 is 29.3 Å². The molecule has 0 radical (unpaired) electrons. The third kappa shape index (κ3) is 5.70. The van der Waals surface area contributed by atoms with Crippen LogP contribution in [0.15, 0.2) is 99.7 Å². The van der Waals surface area contributed by atoms with Crippen LogP contribution in [0.2, 0.25) is 0 Å². The second-order valence-electron chi connectivity index (χ2n) is 7.85. The first-order valence-electron chi connectivity index (χ1n) is 11.5. The lowest BCUT2D eigenvalue weighted by Gasteiger charge is -2.29. The molecule has 8 heteroatoms. The van der Waals surface area contributed by atoms with Gasteiger partial charge in [-0.2, -0.15) is 5.26 Å². The highest BCUT2D eigenvalue weighted by atomic mass is 32.2. The molecule has 0 spiro atoms. The number of carbonyl (C=O) groups is 2. The Morgan fingerprint density at radius 1 is 1.08 bits per heavy atom. The number of nitrogens with one attached hydrogen (secondary N) is 2. The summed E-state index contributed by atoms with van der Waals surface area (Å²) in [6.07, 6.45) is 1.50. The first-order valence-corrected chi connectivity index (χ1v) is 12.5. The van der Waals surface area contributed by atoms with Gasteiger partial charge in [-0.05, 0) is 30.2 Å². The van der Waals surface area contributed by atoms with Crippen LogP contribution in [-0.4, -0.2) is 24.2 Å². The van der Waals surface area contributed by atoms with Crippen molar-refractivity contribution in [3.05, 3.63) is 112 Å². The van der Waals surface area contributed by atoms with Gasteiger partial charge in [0.05, 0.1) is 52.5 Å². The van der Waals surface area contributed by atoms with E-state index < -0.39 is 11.9 Å². The molecule has 2 N–H and O–H groups in total. The second kappa shape index (κ2) is 12.0. The third-order valence-electron chi connectivity index (χ3n) is 5.52. The van der Waals surface area contributed by atoms with Gasteiger partial charge in [-0.25, -0.2) is 4.79 Å². The third-order valence-corrected chi connectivity index (χ3v) is 6.53. The summed E-state index contributed by atoms with van der Waals surface area (Å²) < 4.78 is 11.0. The Kier molecular flexibility index (Phi) is 8.27. The summed E-state index contributed by atoms with van der Waals surface area (Å²) in [4.78, 5) is 25.8. The molecule has 1 aliphatic heterocycles. The van der Waals surface area contributed by atoms with Gasteiger partial charge in [0.1, 0.15) is 5.76 Å². The lowest BCUT2D eigenvalue weighted by atomic mass is 9.84. The van der Waals surface area contributed by atoms with Crippen LogP contribution in [0, 0.1) is 11.3 Å². The van der Waals surface area contributed by atoms with Gasteiger partial charge in [0.2, 0.25) is 5.91 Å². The van der Waals surface area contributed by atoms with E-state index in [1.165, 1.54) is 18.0 Å². The first kappa shape index (κ1) is 24.9. The van der Waals surface area contributed by atoms with E-state index >= 15 is 0 Å². The topological polar surface area (TPSA) is 104 Å². The lowest BCUT2D eigenvalue weighted by molar-refractivity contribution is -0.138. The van der Waals surface area contributed by atoms with Crippen molar-refractivity contribution in [3.8, 4) is 6.07 Å². The summed E-state index contributed by atoms with van der Waals surface area (Å²) >= 11 is 1.21. The van der Waals surface area contributed by atoms with E-state index in [1.807, 2.05) is 60.7 Å². The van der Waals surface area contributed by atoms with Crippen LogP contribution in [0.3, 0.4) is 0 Å². The summed E-state index contributed by atoms with van der Waals surface area (Å²) in [6, 6.07) is 24.6. The van der Waals surface area contributed by atoms with Gasteiger partial charge in [0.25, 0.3) is 0 Å². The fraction of sp³-hybridized carbons (Fsp3) is 0.179. The number of hydrogen-bond acceptors (Lipinski definition) is 7. The van der Waals surface area contributed by atoms with E-state index in [4.69, 9.17) is 9.15 Å². The van der Waals surface area contributed by atoms with E-state index in [0.29, 0.717) is 23.0 Å². The smallest absolute Gasteiger partial charge is 0.337 e. The summed E-state index contributed by atoms with van der Waals surface area (Å²) in [7, 11) is 0. The number of esters is 1. The van der Waals surface area contributed by atoms with Gasteiger partial charge in [-0.15, -0.1) is 0 Å². The van der Waals surface area contributed by atoms with Crippen LogP contribution in [-0.2, 0) is 20.9 Å². The number of nitrogens with zero attached hydrogens (tertiary/aromatic N) is 1. The number of hydrogen-bond donors (Lipinski definition) is 2. The minimum absolute atomic E-state index is 0.0853. The summed E-state index contributed by atoms with van der Waals surface area (Å²) in [6.45, 7) is 2.33. The van der Waals surface area contributed by atoms with Crippen molar-refractivity contribution in [2.45, 2.75) is 19.4 Å². The molecule has 0 unspecified atom stereocenters. The molecule has 2 heterocycles. The summed E-state index contributed by atoms with van der Waals surface area (Å²) in [5.74, 6) is -0.970. The van der Waals surface area contributed by atoms with Crippen molar-refractivity contribution < 1.29 is 18.7 Å². The minimum Gasteiger partial charge on any atom is -0.468 e. The standard InChI is InChI=1S/C28H25N3O4S/c1-2-34-28(33)25-24(22-14-9-15-35-22)21(16-29)27(31-26(25)20-12-7-4-8-13-20)36-18-23(32)30-17-19-10-5-3-6-11-19/h3-15,24,31H,2,17-18H2,1H3,(H,30,32)/t24-/m0/s1. The lowest BCUT2D eigenvalue weighted by Crippen LogP contribution is -2.30. The molecule has 182 valence electrons. The van der Waals surface area contributed by atoms with Gasteiger partial charge in [0, 0.05) is 6.54 Å². The molecule has 0 aliphatic carbocycles. The Morgan fingerprint density at radius 3 is 2.44 bits per heavy atom. The fourth-order valence-corrected chi connectivity index (χ4v) is 4.75. The van der Waals surface area contributed by atoms with E-state index in [0.717, 1.165) is 11.1 Å². The number of carbonyl (C=O) groups excluding carboxylic acids is 2. The van der Waals surface area contributed by atoms with Gasteiger partial charge in [-0.1, -0.05) is 72.4 Å². The van der Waals surface area contributed by atoms with Crippen LogP contribution in [0.25, 0.3) is 5.70 Å². The molecule has 4 rings (SSSR count). The van der Waals surface area contributed by atoms with Crippen molar-refractivity contribution in [3.63, 3.8) is 0 Å². The average Bonchev–Trinajstić information content (AvgIpc) is 3.45. The van der Waals surface area contributed by atoms with Gasteiger partial charge in [0.15, 0.2) is 0 Å². The molecule has 0 fully saturated rings. The minimum atomic E-state index is -0.782. The molecule has 36 heavy (non-hydrogen) atoms. The normalized spacial score (nSPS) is 15.2. The van der Waals surface area contributed by atoms with Gasteiger partial charge in [-0.3, -0.25) is 4.79 Å². The molecule has 0 saturated carbocycles.